The summed E-state index contributed by atoms with van der Waals surface area (Å²) in [5, 5.41) is 4.57. The first kappa shape index (κ1) is 14.4. The maximum atomic E-state index is 11.3. The van der Waals surface area contributed by atoms with Crippen LogP contribution in [0.5, 0.6) is 0 Å². The molecule has 2 unspecified atom stereocenters. The van der Waals surface area contributed by atoms with Crippen molar-refractivity contribution in [3.8, 4) is 23.9 Å². The van der Waals surface area contributed by atoms with E-state index in [0.29, 0.717) is 0 Å². The Morgan fingerprint density at radius 1 is 1.12 bits per heavy atom. The van der Waals surface area contributed by atoms with E-state index in [1.807, 2.05) is 0 Å². The van der Waals surface area contributed by atoms with Crippen LogP contribution < -0.4 is 10.6 Å². The minimum Gasteiger partial charge on any atom is -0.285 e. The predicted molar refractivity (Wildman–Crippen MR) is 65.1 cm³/mol. The van der Waals surface area contributed by atoms with E-state index in [4.69, 9.17) is 0 Å². The molecule has 86 valence electrons. The maximum Gasteiger partial charge on any atom is 0.246 e. The van der Waals surface area contributed by atoms with Gasteiger partial charge in [0.05, 0.1) is 11.2 Å². The third-order valence-electron chi connectivity index (χ3n) is 1.39. The van der Waals surface area contributed by atoms with Crippen molar-refractivity contribution in [1.82, 2.24) is 10.6 Å². The normalized spacial score (nSPS) is 12.0. The first-order valence-corrected chi connectivity index (χ1v) is 5.20. The van der Waals surface area contributed by atoms with Gasteiger partial charge in [-0.15, -0.1) is 0 Å². The molecule has 2 N–H and O–H groups in total. The molecule has 0 saturated heterocycles. The monoisotopic (exact) mass is 238 g/mol. The molecule has 0 spiro atoms. The summed E-state index contributed by atoms with van der Waals surface area (Å²) in [6.45, 7) is 4.76. The summed E-state index contributed by atoms with van der Waals surface area (Å²) in [6.07, 6.45) is 0. The number of rotatable bonds is 1. The fourth-order valence-corrected chi connectivity index (χ4v) is 0.673. The second kappa shape index (κ2) is 7.67. The van der Waals surface area contributed by atoms with Crippen molar-refractivity contribution < 1.29 is 9.59 Å². The van der Waals surface area contributed by atoms with Gasteiger partial charge in [0.15, 0.2) is 0 Å². The average Bonchev–Trinajstić information content (AvgIpc) is 2.16. The van der Waals surface area contributed by atoms with Crippen molar-refractivity contribution in [3.63, 3.8) is 0 Å². The van der Waals surface area contributed by atoms with Crippen LogP contribution in [-0.4, -0.2) is 17.1 Å². The molecule has 0 aliphatic carbocycles. The lowest BCUT2D eigenvalue weighted by molar-refractivity contribution is -0.122. The standard InChI is InChI=1S/C11H14N2O2S/c1-8(4-6-12-10(3)14)11(15)13-7-5-9(2)16/h8-9,16H,1-3H3,(H,12,14)(H,13,15). The van der Waals surface area contributed by atoms with Crippen molar-refractivity contribution in [2.24, 2.45) is 5.92 Å². The summed E-state index contributed by atoms with van der Waals surface area (Å²) in [4.78, 5) is 21.8. The zero-order chi connectivity index (χ0) is 12.6. The highest BCUT2D eigenvalue weighted by Gasteiger charge is 2.07. The Balaban J connectivity index is 4.14. The van der Waals surface area contributed by atoms with Gasteiger partial charge >= 0.3 is 0 Å². The number of hydrogen-bond acceptors (Lipinski definition) is 3. The Kier molecular flexibility index (Phi) is 6.91. The van der Waals surface area contributed by atoms with Crippen molar-refractivity contribution in [2.75, 3.05) is 0 Å². The van der Waals surface area contributed by atoms with Crippen LogP contribution in [0.15, 0.2) is 0 Å². The first-order valence-electron chi connectivity index (χ1n) is 4.69. The van der Waals surface area contributed by atoms with E-state index < -0.39 is 5.92 Å². The minimum absolute atomic E-state index is 0.0962. The van der Waals surface area contributed by atoms with Crippen LogP contribution in [0.3, 0.4) is 0 Å². The van der Waals surface area contributed by atoms with Crippen LogP contribution in [-0.2, 0) is 9.59 Å². The number of carbonyl (C=O) groups is 2. The van der Waals surface area contributed by atoms with Gasteiger partial charge in [0.25, 0.3) is 0 Å². The number of amides is 2. The Morgan fingerprint density at radius 2 is 1.69 bits per heavy atom. The molecule has 2 atom stereocenters. The van der Waals surface area contributed by atoms with Crippen molar-refractivity contribution in [1.29, 1.82) is 0 Å². The number of thiol groups is 1. The summed E-state index contributed by atoms with van der Waals surface area (Å²) < 4.78 is 0. The van der Waals surface area contributed by atoms with Crippen molar-refractivity contribution in [3.05, 3.63) is 0 Å². The molecule has 16 heavy (non-hydrogen) atoms. The molecule has 4 nitrogen and oxygen atoms in total. The Labute approximate surface area is 101 Å². The molecule has 0 heterocycles. The van der Waals surface area contributed by atoms with Gasteiger partial charge in [-0.2, -0.15) is 12.6 Å². The maximum absolute atomic E-state index is 11.3. The molecule has 0 radical (unpaired) electrons. The molecule has 0 aliphatic heterocycles. The molecule has 0 rings (SSSR count). The van der Waals surface area contributed by atoms with Crippen LogP contribution >= 0.6 is 12.6 Å². The van der Waals surface area contributed by atoms with E-state index in [1.54, 1.807) is 13.8 Å². The lowest BCUT2D eigenvalue weighted by atomic mass is 10.2. The third kappa shape index (κ3) is 7.78. The lowest BCUT2D eigenvalue weighted by Crippen LogP contribution is -2.24. The van der Waals surface area contributed by atoms with E-state index in [2.05, 4.69) is 47.2 Å². The van der Waals surface area contributed by atoms with Crippen LogP contribution in [0, 0.1) is 29.8 Å². The minimum atomic E-state index is -0.531. The smallest absolute Gasteiger partial charge is 0.246 e. The first-order chi connectivity index (χ1) is 7.43. The summed E-state index contributed by atoms with van der Waals surface area (Å²) >= 11 is 4.03. The molecule has 0 aromatic rings. The summed E-state index contributed by atoms with van der Waals surface area (Å²) in [7, 11) is 0. The Hall–Kier alpha value is -1.59. The topological polar surface area (TPSA) is 58.2 Å². The summed E-state index contributed by atoms with van der Waals surface area (Å²) in [5.74, 6) is 4.14. The number of nitrogens with one attached hydrogen (secondary N) is 2. The highest BCUT2D eigenvalue weighted by atomic mass is 32.1. The molecule has 5 heteroatoms. The molecular formula is C11H14N2O2S. The summed E-state index contributed by atoms with van der Waals surface area (Å²) in [6, 6.07) is 4.87. The largest absolute Gasteiger partial charge is 0.285 e. The SMILES string of the molecule is CC(=O)NC#CC(C)C(=O)NC#CC(C)S. The van der Waals surface area contributed by atoms with E-state index in [-0.39, 0.29) is 17.1 Å². The molecule has 0 aliphatic rings. The summed E-state index contributed by atoms with van der Waals surface area (Å²) in [5.41, 5.74) is 0. The number of hydrogen-bond donors (Lipinski definition) is 3. The Morgan fingerprint density at radius 3 is 2.19 bits per heavy atom. The van der Waals surface area contributed by atoms with Gasteiger partial charge in [0, 0.05) is 19.0 Å². The molecule has 0 fully saturated rings. The van der Waals surface area contributed by atoms with Gasteiger partial charge in [0.1, 0.15) is 0 Å². The molecule has 0 aromatic carbocycles. The van der Waals surface area contributed by atoms with Gasteiger partial charge in [0.2, 0.25) is 11.8 Å². The van der Waals surface area contributed by atoms with E-state index >= 15 is 0 Å². The third-order valence-corrected chi connectivity index (χ3v) is 1.52. The van der Waals surface area contributed by atoms with Gasteiger partial charge in [-0.1, -0.05) is 11.8 Å². The molecular weight excluding hydrogens is 224 g/mol. The average molecular weight is 238 g/mol. The van der Waals surface area contributed by atoms with Crippen LogP contribution in [0.2, 0.25) is 0 Å². The highest BCUT2D eigenvalue weighted by molar-refractivity contribution is 7.81. The van der Waals surface area contributed by atoms with Crippen molar-refractivity contribution >= 4 is 24.4 Å². The highest BCUT2D eigenvalue weighted by Crippen LogP contribution is 1.91. The van der Waals surface area contributed by atoms with E-state index in [0.717, 1.165) is 0 Å². The zero-order valence-corrected chi connectivity index (χ0v) is 10.3. The van der Waals surface area contributed by atoms with E-state index in [1.165, 1.54) is 6.92 Å². The van der Waals surface area contributed by atoms with Crippen LogP contribution in [0.25, 0.3) is 0 Å². The molecule has 0 bridgehead atoms. The van der Waals surface area contributed by atoms with Gasteiger partial charge in [-0.05, 0) is 13.8 Å². The zero-order valence-electron chi connectivity index (χ0n) is 9.42. The lowest BCUT2D eigenvalue weighted by Gasteiger charge is -1.99. The van der Waals surface area contributed by atoms with Gasteiger partial charge in [-0.3, -0.25) is 20.2 Å². The second-order valence-corrected chi connectivity index (χ2v) is 3.88. The quantitative estimate of drug-likeness (QED) is 0.345. The Bertz CT molecular complexity index is 382. The van der Waals surface area contributed by atoms with E-state index in [9.17, 15) is 9.59 Å². The fraction of sp³-hybridized carbons (Fsp3) is 0.455. The number of carbonyl (C=O) groups excluding carboxylic acids is 2. The van der Waals surface area contributed by atoms with Crippen molar-refractivity contribution in [2.45, 2.75) is 26.0 Å². The van der Waals surface area contributed by atoms with Crippen LogP contribution in [0.4, 0.5) is 0 Å². The van der Waals surface area contributed by atoms with Gasteiger partial charge < -0.3 is 0 Å². The predicted octanol–water partition coefficient (Wildman–Crippen LogP) is 0.115. The second-order valence-electron chi connectivity index (χ2n) is 3.11. The van der Waals surface area contributed by atoms with Crippen LogP contribution in [0.1, 0.15) is 20.8 Å². The fourth-order valence-electron chi connectivity index (χ4n) is 0.608. The molecule has 0 saturated carbocycles. The molecule has 2 amide bonds. The molecule has 0 aromatic heterocycles. The van der Waals surface area contributed by atoms with Gasteiger partial charge in [-0.25, -0.2) is 0 Å².